The Morgan fingerprint density at radius 3 is 1.88 bits per heavy atom. The standard InChI is InChI=1S/C18H17Cl2NO3/c19-14-5-1-3-12(7-14)16-21-17(13-4-2-6-15(20)8-13)24-11-18(21,9-22)10-23-16/h1-8,16-17,22H,9-11H2. The SMILES string of the molecule is OCC12COC(c3cccc(Cl)c3)N1C(c1cccc(Cl)c1)OC2. The van der Waals surface area contributed by atoms with Crippen molar-refractivity contribution < 1.29 is 14.6 Å². The van der Waals surface area contributed by atoms with Gasteiger partial charge in [0.15, 0.2) is 0 Å². The maximum atomic E-state index is 10.0. The van der Waals surface area contributed by atoms with Gasteiger partial charge in [-0.1, -0.05) is 47.5 Å². The van der Waals surface area contributed by atoms with Gasteiger partial charge in [-0.3, -0.25) is 0 Å². The molecule has 0 aliphatic carbocycles. The molecular formula is C18H17Cl2NO3. The van der Waals surface area contributed by atoms with Crippen molar-refractivity contribution in [2.75, 3.05) is 19.8 Å². The molecule has 2 aromatic carbocycles. The van der Waals surface area contributed by atoms with E-state index in [2.05, 4.69) is 4.90 Å². The molecule has 126 valence electrons. The number of rotatable bonds is 3. The molecule has 4 rings (SSSR count). The first-order valence-electron chi connectivity index (χ1n) is 7.76. The molecule has 2 aliphatic rings. The summed E-state index contributed by atoms with van der Waals surface area (Å²) >= 11 is 12.3. The predicted molar refractivity (Wildman–Crippen MR) is 91.9 cm³/mol. The summed E-state index contributed by atoms with van der Waals surface area (Å²) in [6, 6.07) is 15.1. The highest BCUT2D eigenvalue weighted by atomic mass is 35.5. The van der Waals surface area contributed by atoms with Gasteiger partial charge in [0, 0.05) is 10.0 Å². The minimum Gasteiger partial charge on any atom is -0.394 e. The van der Waals surface area contributed by atoms with Crippen molar-refractivity contribution in [3.63, 3.8) is 0 Å². The second-order valence-corrected chi connectivity index (χ2v) is 7.10. The van der Waals surface area contributed by atoms with Crippen molar-refractivity contribution in [3.05, 3.63) is 69.7 Å². The highest BCUT2D eigenvalue weighted by Gasteiger charge is 2.56. The Labute approximate surface area is 150 Å². The first-order chi connectivity index (χ1) is 11.6. The lowest BCUT2D eigenvalue weighted by Gasteiger charge is -2.33. The summed E-state index contributed by atoms with van der Waals surface area (Å²) in [6.45, 7) is 0.761. The van der Waals surface area contributed by atoms with Crippen molar-refractivity contribution in [1.29, 1.82) is 0 Å². The number of halogens is 2. The highest BCUT2D eigenvalue weighted by Crippen LogP contribution is 2.49. The van der Waals surface area contributed by atoms with Crippen LogP contribution >= 0.6 is 23.2 Å². The topological polar surface area (TPSA) is 41.9 Å². The van der Waals surface area contributed by atoms with Crippen molar-refractivity contribution >= 4 is 23.2 Å². The molecule has 2 atom stereocenters. The predicted octanol–water partition coefficient (Wildman–Crippen LogP) is 3.78. The Morgan fingerprint density at radius 1 is 0.958 bits per heavy atom. The molecular weight excluding hydrogens is 349 g/mol. The summed E-state index contributed by atoms with van der Waals surface area (Å²) in [5, 5.41) is 11.3. The fraction of sp³-hybridized carbons (Fsp3) is 0.333. The fourth-order valence-corrected chi connectivity index (χ4v) is 3.84. The zero-order valence-corrected chi connectivity index (χ0v) is 14.4. The molecule has 2 aliphatic heterocycles. The van der Waals surface area contributed by atoms with Crippen LogP contribution < -0.4 is 0 Å². The molecule has 1 N–H and O–H groups in total. The van der Waals surface area contributed by atoms with Crippen LogP contribution in [0.4, 0.5) is 0 Å². The van der Waals surface area contributed by atoms with Gasteiger partial charge >= 0.3 is 0 Å². The molecule has 0 bridgehead atoms. The van der Waals surface area contributed by atoms with E-state index in [0.29, 0.717) is 23.3 Å². The summed E-state index contributed by atoms with van der Waals surface area (Å²) in [4.78, 5) is 2.09. The first-order valence-corrected chi connectivity index (χ1v) is 8.52. The molecule has 2 aromatic rings. The lowest BCUT2D eigenvalue weighted by atomic mass is 10.0. The number of hydrogen-bond acceptors (Lipinski definition) is 4. The van der Waals surface area contributed by atoms with E-state index in [1.165, 1.54) is 0 Å². The number of fused-ring (bicyclic) bond motifs is 1. The molecule has 4 nitrogen and oxygen atoms in total. The van der Waals surface area contributed by atoms with Gasteiger partial charge in [0.1, 0.15) is 12.5 Å². The second-order valence-electron chi connectivity index (χ2n) is 6.23. The van der Waals surface area contributed by atoms with E-state index in [1.807, 2.05) is 48.5 Å². The van der Waals surface area contributed by atoms with Crippen LogP contribution in [0, 0.1) is 0 Å². The third kappa shape index (κ3) is 2.64. The van der Waals surface area contributed by atoms with Gasteiger partial charge in [0.05, 0.1) is 25.4 Å². The molecule has 0 saturated carbocycles. The number of aliphatic hydroxyl groups is 1. The van der Waals surface area contributed by atoms with Gasteiger partial charge in [-0.2, -0.15) is 0 Å². The number of nitrogens with zero attached hydrogens (tertiary/aromatic N) is 1. The van der Waals surface area contributed by atoms with Crippen LogP contribution in [0.1, 0.15) is 23.6 Å². The smallest absolute Gasteiger partial charge is 0.139 e. The molecule has 0 aromatic heterocycles. The summed E-state index contributed by atoms with van der Waals surface area (Å²) in [7, 11) is 0. The molecule has 2 unspecified atom stereocenters. The number of ether oxygens (including phenoxy) is 2. The maximum absolute atomic E-state index is 10.0. The van der Waals surface area contributed by atoms with Gasteiger partial charge in [0.2, 0.25) is 0 Å². The molecule has 6 heteroatoms. The number of aliphatic hydroxyl groups excluding tert-OH is 1. The second kappa shape index (κ2) is 6.30. The first kappa shape index (κ1) is 16.3. The lowest BCUT2D eigenvalue weighted by molar-refractivity contribution is -0.0630. The average Bonchev–Trinajstić information content (AvgIpc) is 3.12. The van der Waals surface area contributed by atoms with Crippen LogP contribution in [-0.2, 0) is 9.47 Å². The molecule has 0 amide bonds. The van der Waals surface area contributed by atoms with Crippen LogP contribution in [0.2, 0.25) is 10.0 Å². The quantitative estimate of drug-likeness (QED) is 0.898. The fourth-order valence-electron chi connectivity index (χ4n) is 3.45. The molecule has 0 spiro atoms. The van der Waals surface area contributed by atoms with Crippen molar-refractivity contribution in [3.8, 4) is 0 Å². The maximum Gasteiger partial charge on any atom is 0.139 e. The third-order valence-electron chi connectivity index (χ3n) is 4.63. The van der Waals surface area contributed by atoms with Crippen LogP contribution in [-0.4, -0.2) is 35.4 Å². The van der Waals surface area contributed by atoms with E-state index < -0.39 is 5.54 Å². The van der Waals surface area contributed by atoms with Crippen molar-refractivity contribution in [2.45, 2.75) is 18.0 Å². The van der Waals surface area contributed by atoms with E-state index >= 15 is 0 Å². The lowest BCUT2D eigenvalue weighted by Crippen LogP contribution is -2.47. The van der Waals surface area contributed by atoms with E-state index in [0.717, 1.165) is 11.1 Å². The van der Waals surface area contributed by atoms with Crippen molar-refractivity contribution in [1.82, 2.24) is 4.90 Å². The van der Waals surface area contributed by atoms with Gasteiger partial charge in [-0.15, -0.1) is 0 Å². The Bertz CT molecular complexity index is 697. The van der Waals surface area contributed by atoms with Gasteiger partial charge in [-0.05, 0) is 35.4 Å². The van der Waals surface area contributed by atoms with Gasteiger partial charge < -0.3 is 14.6 Å². The average molecular weight is 366 g/mol. The molecule has 0 radical (unpaired) electrons. The van der Waals surface area contributed by atoms with Crippen LogP contribution in [0.15, 0.2) is 48.5 Å². The minimum atomic E-state index is -0.556. The van der Waals surface area contributed by atoms with Gasteiger partial charge in [-0.25, -0.2) is 4.90 Å². The molecule has 2 fully saturated rings. The summed E-state index contributed by atoms with van der Waals surface area (Å²) in [5.74, 6) is 0. The number of hydrogen-bond donors (Lipinski definition) is 1. The Balaban J connectivity index is 1.75. The molecule has 24 heavy (non-hydrogen) atoms. The number of benzene rings is 2. The van der Waals surface area contributed by atoms with E-state index in [1.54, 1.807) is 0 Å². The Hall–Kier alpha value is -1.14. The van der Waals surface area contributed by atoms with E-state index in [9.17, 15) is 5.11 Å². The monoisotopic (exact) mass is 365 g/mol. The van der Waals surface area contributed by atoms with E-state index in [4.69, 9.17) is 32.7 Å². The normalized spacial score (nSPS) is 29.8. The van der Waals surface area contributed by atoms with E-state index in [-0.39, 0.29) is 19.1 Å². The van der Waals surface area contributed by atoms with Crippen molar-refractivity contribution in [2.24, 2.45) is 0 Å². The highest BCUT2D eigenvalue weighted by molar-refractivity contribution is 6.30. The molecule has 2 heterocycles. The van der Waals surface area contributed by atoms with Crippen LogP contribution in [0.25, 0.3) is 0 Å². The molecule has 2 saturated heterocycles. The van der Waals surface area contributed by atoms with Crippen LogP contribution in [0.3, 0.4) is 0 Å². The Morgan fingerprint density at radius 2 is 1.46 bits per heavy atom. The van der Waals surface area contributed by atoms with Gasteiger partial charge in [0.25, 0.3) is 0 Å². The zero-order valence-electron chi connectivity index (χ0n) is 12.9. The Kier molecular flexibility index (Phi) is 4.29. The summed E-state index contributed by atoms with van der Waals surface area (Å²) in [5.41, 5.74) is 1.32. The largest absolute Gasteiger partial charge is 0.394 e. The third-order valence-corrected chi connectivity index (χ3v) is 5.10. The summed E-state index contributed by atoms with van der Waals surface area (Å²) < 4.78 is 12.1. The minimum absolute atomic E-state index is 0.0405. The summed E-state index contributed by atoms with van der Waals surface area (Å²) in [6.07, 6.45) is -0.662. The zero-order chi connectivity index (χ0) is 16.7. The van der Waals surface area contributed by atoms with Crippen LogP contribution in [0.5, 0.6) is 0 Å².